The van der Waals surface area contributed by atoms with Gasteiger partial charge in [-0.1, -0.05) is 112 Å². The zero-order valence-corrected chi connectivity index (χ0v) is 46.8. The number of cyclic esters (lactones) is 1. The van der Waals surface area contributed by atoms with E-state index in [2.05, 4.69) is 77.0 Å². The molecule has 2 aliphatic rings. The van der Waals surface area contributed by atoms with Crippen molar-refractivity contribution in [2.45, 2.75) is 191 Å². The minimum atomic E-state index is -5.77. The molecule has 0 spiro atoms. The minimum Gasteiger partial charge on any atom is -0.462 e. The van der Waals surface area contributed by atoms with Crippen LogP contribution >= 0.6 is 15.6 Å². The number of esters is 2. The van der Waals surface area contributed by atoms with E-state index in [1.807, 2.05) is 6.92 Å². The van der Waals surface area contributed by atoms with Crippen molar-refractivity contribution in [1.29, 1.82) is 0 Å². The summed E-state index contributed by atoms with van der Waals surface area (Å²) in [4.78, 5) is 77.9. The van der Waals surface area contributed by atoms with Gasteiger partial charge in [0.25, 0.3) is 0 Å². The smallest absolute Gasteiger partial charge is 0.462 e. The summed E-state index contributed by atoms with van der Waals surface area (Å²) in [5.74, 6) is -5.23. The van der Waals surface area contributed by atoms with Crippen molar-refractivity contribution in [2.75, 3.05) is 25.6 Å². The third-order valence-electron chi connectivity index (χ3n) is 12.7. The van der Waals surface area contributed by atoms with E-state index in [9.17, 15) is 63.6 Å². The number of Topliss-reactive ketones (excluding diaryl/α,β-unsaturated/α-hetero) is 1. The second-order valence-electron chi connectivity index (χ2n) is 19.3. The van der Waals surface area contributed by atoms with Crippen LogP contribution in [-0.4, -0.2) is 125 Å². The molecule has 2 aliphatic heterocycles. The molecule has 0 amide bonds. The maximum Gasteiger partial charge on any atom is 0.481 e. The highest BCUT2D eigenvalue weighted by Crippen LogP contribution is 2.60. The summed E-state index contributed by atoms with van der Waals surface area (Å²) < 4.78 is 58.7. The molecule has 0 saturated carbocycles. The molecule has 12 atom stereocenters. The Morgan fingerprint density at radius 2 is 1.45 bits per heavy atom. The van der Waals surface area contributed by atoms with Gasteiger partial charge in [0, 0.05) is 50.1 Å². The van der Waals surface area contributed by atoms with Gasteiger partial charge in [-0.3, -0.25) is 28.0 Å². The van der Waals surface area contributed by atoms with Crippen molar-refractivity contribution in [3.63, 3.8) is 0 Å². The Balaban J connectivity index is 1.73. The fourth-order valence-corrected chi connectivity index (χ4v) is 10.6. The number of nitrogens with two attached hydrogens (primary N) is 1. The van der Waals surface area contributed by atoms with E-state index in [-0.39, 0.29) is 37.9 Å². The van der Waals surface area contributed by atoms with Gasteiger partial charge in [0.15, 0.2) is 6.10 Å². The van der Waals surface area contributed by atoms with E-state index in [0.29, 0.717) is 25.7 Å². The van der Waals surface area contributed by atoms with Crippen LogP contribution in [0.4, 0.5) is 5.82 Å². The Kier molecular flexibility index (Phi) is 32.8. The summed E-state index contributed by atoms with van der Waals surface area (Å²) in [5, 5.41) is 57.4. The predicted molar refractivity (Wildman–Crippen MR) is 291 cm³/mol. The van der Waals surface area contributed by atoms with Crippen molar-refractivity contribution in [2.24, 2.45) is 11.8 Å². The monoisotopic (exact) mass is 1140 g/mol. The van der Waals surface area contributed by atoms with Crippen molar-refractivity contribution in [1.82, 2.24) is 9.55 Å². The topological polar surface area (TPSA) is 343 Å². The number of allylic oxidation sites excluding steroid dienone is 10. The van der Waals surface area contributed by atoms with Crippen molar-refractivity contribution < 1.29 is 86.4 Å². The zero-order valence-electron chi connectivity index (χ0n) is 45.0. The van der Waals surface area contributed by atoms with Crippen LogP contribution in [0.3, 0.4) is 0 Å². The molecule has 24 heteroatoms. The second kappa shape index (κ2) is 37.6. The normalized spacial score (nSPS) is 29.5. The number of aromatic nitrogens is 2. The van der Waals surface area contributed by atoms with Crippen LogP contribution in [0.25, 0.3) is 0 Å². The number of hydrogen-bond acceptors (Lipinski definition) is 19. The number of rotatable bonds is 24. The zero-order chi connectivity index (χ0) is 57.4. The molecule has 0 radical (unpaired) electrons. The summed E-state index contributed by atoms with van der Waals surface area (Å²) in [6, 6.07) is 1.18. The Bertz CT molecular complexity index is 2290. The van der Waals surface area contributed by atoms with Crippen molar-refractivity contribution >= 4 is 39.2 Å². The number of hydrogen-bond donors (Lipinski definition) is 8. The Morgan fingerprint density at radius 1 is 0.821 bits per heavy atom. The van der Waals surface area contributed by atoms with E-state index >= 15 is 0 Å². The second-order valence-corrected chi connectivity index (χ2v) is 22.4. The van der Waals surface area contributed by atoms with E-state index in [0.717, 1.165) is 68.6 Å². The van der Waals surface area contributed by atoms with Gasteiger partial charge in [-0.15, -0.1) is 0 Å². The first kappa shape index (κ1) is 68.0. The molecule has 3 heterocycles. The molecule has 440 valence electrons. The number of phosphoric ester groups is 2. The van der Waals surface area contributed by atoms with Crippen LogP contribution < -0.4 is 11.4 Å². The van der Waals surface area contributed by atoms with Gasteiger partial charge in [-0.2, -0.15) is 9.29 Å². The van der Waals surface area contributed by atoms with Crippen molar-refractivity contribution in [3.8, 4) is 0 Å². The highest BCUT2D eigenvalue weighted by atomic mass is 31.3. The van der Waals surface area contributed by atoms with E-state index in [1.54, 1.807) is 0 Å². The maximum absolute atomic E-state index is 13.7. The van der Waals surface area contributed by atoms with Gasteiger partial charge in [0.2, 0.25) is 0 Å². The highest BCUT2D eigenvalue weighted by Gasteiger charge is 2.45. The molecule has 0 aliphatic carbocycles. The Morgan fingerprint density at radius 3 is 2.09 bits per heavy atom. The third kappa shape index (κ3) is 27.8. The quantitative estimate of drug-likeness (QED) is 0.0219. The maximum atomic E-state index is 13.7. The predicted octanol–water partition coefficient (Wildman–Crippen LogP) is 7.23. The number of carbonyl (C=O) groups is 3. The number of nitrogen functional groups attached to an aromatic ring is 1. The number of ketones is 1. The van der Waals surface area contributed by atoms with Crippen molar-refractivity contribution in [3.05, 3.63) is 95.7 Å². The SMILES string of the molecule is CC/C=C\C/C=C\C/C=C\C/C=C\C/C=C\CCCCCC(=O)OC[C@@H]1COP(=O)(O)OP(=O)(O)OC[C@H]2O[C@@H](n3ccc(N)nc3=O)[C@@H](CC(=O)CCCCC(=O)O1)[C@@H](O)C[C@@H](O)[C@H](/C=C/[C@@H](O)CCCCC)[C@H](O)[C@@H]2O. The van der Waals surface area contributed by atoms with E-state index in [1.165, 1.54) is 18.2 Å². The molecule has 2 bridgehead atoms. The Labute approximate surface area is 458 Å². The molecule has 0 aromatic carbocycles. The molecule has 1 aromatic heterocycles. The van der Waals surface area contributed by atoms with Crippen LogP contribution in [0, 0.1) is 11.8 Å². The number of aliphatic hydroxyl groups excluding tert-OH is 5. The number of phosphoric acid groups is 2. The lowest BCUT2D eigenvalue weighted by Gasteiger charge is -2.40. The fraction of sp³-hybridized carbons (Fsp3) is 0.648. The average molecular weight is 1140 g/mol. The molecule has 9 N–H and O–H groups in total. The van der Waals surface area contributed by atoms with Crippen LogP contribution in [0.15, 0.2) is 90.0 Å². The summed E-state index contributed by atoms with van der Waals surface area (Å²) in [5.41, 5.74) is 4.66. The molecule has 78 heavy (non-hydrogen) atoms. The number of anilines is 1. The number of ether oxygens (including phenoxy) is 3. The van der Waals surface area contributed by atoms with Crippen LogP contribution in [-0.2, 0) is 51.1 Å². The van der Waals surface area contributed by atoms with Crippen LogP contribution in [0.2, 0.25) is 0 Å². The lowest BCUT2D eigenvalue weighted by Crippen LogP contribution is -2.52. The van der Waals surface area contributed by atoms with Gasteiger partial charge in [-0.05, 0) is 76.7 Å². The van der Waals surface area contributed by atoms with Gasteiger partial charge < -0.3 is 55.3 Å². The fourth-order valence-electron chi connectivity index (χ4n) is 8.44. The first-order chi connectivity index (χ1) is 37.3. The third-order valence-corrected chi connectivity index (χ3v) is 15.3. The van der Waals surface area contributed by atoms with E-state index < -0.39 is 133 Å². The van der Waals surface area contributed by atoms with Gasteiger partial charge in [0.1, 0.15) is 36.6 Å². The molecular weight excluding hydrogens is 1060 g/mol. The lowest BCUT2D eigenvalue weighted by molar-refractivity contribution is -0.196. The molecular formula is C54H85N3O19P2. The average Bonchev–Trinajstić information content (AvgIpc) is 3.38. The van der Waals surface area contributed by atoms with Crippen LogP contribution in [0.5, 0.6) is 0 Å². The molecule has 3 rings (SSSR count). The first-order valence-corrected chi connectivity index (χ1v) is 30.1. The number of nitrogens with zero attached hydrogens (tertiary/aromatic N) is 2. The summed E-state index contributed by atoms with van der Waals surface area (Å²) >= 11 is 0. The minimum absolute atomic E-state index is 0.0106. The van der Waals surface area contributed by atoms with Crippen LogP contribution in [0.1, 0.15) is 148 Å². The number of unbranched alkanes of at least 4 members (excludes halogenated alkanes) is 5. The summed E-state index contributed by atoms with van der Waals surface area (Å²) in [6.45, 7) is 1.18. The largest absolute Gasteiger partial charge is 0.481 e. The molecule has 1 aromatic rings. The molecule has 2 saturated heterocycles. The summed E-state index contributed by atoms with van der Waals surface area (Å²) in [7, 11) is -11.4. The standard InChI is InChI=1S/C54H85N3O19P2/c1-3-5-7-8-9-10-11-12-13-14-15-16-17-18-19-20-21-22-24-29-49(62)71-37-42-38-72-77(67,68)76-78(69,70)73-39-47-52(65)51(64)43(32-31-40(58)27-23-6-4-2)45(60)36-46(61)44(35-41(59)28-25-26-30-50(63)74-42)53(75-47)57-34-33-48(55)56-54(57)66/h5,7,9-10,12-13,15-16,18-19,31-34,40,42-47,51-53,58,60-61,64-65H,3-4,6,8,11,14,17,20-30,35-39H2,1-2H3,(H,67,68)(H,69,70)(H2,55,56,66)/b7-5-,10-9-,13-12-,16-15-,19-18-,32-31+/t40-,42+,43-,44-,45+,46-,47+,51-,52+,53+/m0/s1. The van der Waals surface area contributed by atoms with Gasteiger partial charge >= 0.3 is 33.3 Å². The summed E-state index contributed by atoms with van der Waals surface area (Å²) in [6.07, 6.45) is 19.3. The number of fused-ring (bicyclic) bond motifs is 3. The van der Waals surface area contributed by atoms with Gasteiger partial charge in [-0.25, -0.2) is 13.9 Å². The van der Waals surface area contributed by atoms with Gasteiger partial charge in [0.05, 0.1) is 37.6 Å². The first-order valence-electron chi connectivity index (χ1n) is 27.1. The molecule has 22 nitrogen and oxygen atoms in total. The lowest BCUT2D eigenvalue weighted by atomic mass is 9.82. The Hall–Kier alpha value is -4.25. The van der Waals surface area contributed by atoms with E-state index in [4.69, 9.17) is 29.0 Å². The molecule has 2 unspecified atom stereocenters. The molecule has 2 fully saturated rings. The number of carbonyl (C=O) groups excluding carboxylic acids is 3. The number of aliphatic hydroxyl groups is 5. The highest BCUT2D eigenvalue weighted by molar-refractivity contribution is 7.61.